The van der Waals surface area contributed by atoms with Crippen LogP contribution in [0.25, 0.3) is 22.1 Å². The van der Waals surface area contributed by atoms with Gasteiger partial charge < -0.3 is 24.1 Å². The van der Waals surface area contributed by atoms with Crippen LogP contribution in [-0.2, 0) is 0 Å². The molecule has 6 nitrogen and oxygen atoms in total. The monoisotopic (exact) mass is 314 g/mol. The van der Waals surface area contributed by atoms with E-state index in [1.165, 1.54) is 38.5 Å². The molecule has 1 aromatic heterocycles. The molecule has 0 spiro atoms. The Morgan fingerprint density at radius 3 is 2.30 bits per heavy atom. The summed E-state index contributed by atoms with van der Waals surface area (Å²) in [4.78, 5) is 11.4. The van der Waals surface area contributed by atoms with Gasteiger partial charge in [-0.3, -0.25) is 0 Å². The fraction of sp³-hybridized carbons (Fsp3) is 0.118. The summed E-state index contributed by atoms with van der Waals surface area (Å²) in [5.41, 5.74) is 0.617. The summed E-state index contributed by atoms with van der Waals surface area (Å²) >= 11 is 0. The van der Waals surface area contributed by atoms with Gasteiger partial charge in [0, 0.05) is 34.7 Å². The second kappa shape index (κ2) is 5.57. The Bertz CT molecular complexity index is 942. The van der Waals surface area contributed by atoms with Gasteiger partial charge in [-0.05, 0) is 18.2 Å². The average Bonchev–Trinajstić information content (AvgIpc) is 2.53. The van der Waals surface area contributed by atoms with Crippen molar-refractivity contribution < 1.29 is 24.1 Å². The van der Waals surface area contributed by atoms with Gasteiger partial charge >= 0.3 is 5.63 Å². The lowest BCUT2D eigenvalue weighted by Crippen LogP contribution is -1.96. The first-order valence-electron chi connectivity index (χ1n) is 6.75. The zero-order valence-corrected chi connectivity index (χ0v) is 12.5. The van der Waals surface area contributed by atoms with Crippen LogP contribution in [0.4, 0.5) is 0 Å². The number of aromatic hydroxyl groups is 2. The Labute approximate surface area is 131 Å². The molecule has 118 valence electrons. The smallest absolute Gasteiger partial charge is 0.336 e. The van der Waals surface area contributed by atoms with Crippen molar-refractivity contribution in [2.45, 2.75) is 0 Å². The Balaban J connectivity index is 2.34. The zero-order chi connectivity index (χ0) is 16.6. The fourth-order valence-electron chi connectivity index (χ4n) is 2.47. The van der Waals surface area contributed by atoms with Crippen molar-refractivity contribution in [3.8, 4) is 34.1 Å². The largest absolute Gasteiger partial charge is 0.508 e. The molecule has 23 heavy (non-hydrogen) atoms. The minimum atomic E-state index is -0.523. The molecule has 0 unspecified atom stereocenters. The maximum atomic E-state index is 11.4. The summed E-state index contributed by atoms with van der Waals surface area (Å²) < 4.78 is 15.5. The summed E-state index contributed by atoms with van der Waals surface area (Å²) in [6.07, 6.45) is 0. The molecular weight excluding hydrogens is 300 g/mol. The van der Waals surface area contributed by atoms with Crippen molar-refractivity contribution in [2.24, 2.45) is 0 Å². The molecule has 0 aliphatic rings. The fourth-order valence-corrected chi connectivity index (χ4v) is 2.47. The quantitative estimate of drug-likeness (QED) is 0.723. The maximum Gasteiger partial charge on any atom is 0.336 e. The highest BCUT2D eigenvalue weighted by Crippen LogP contribution is 2.42. The normalized spacial score (nSPS) is 10.7. The molecule has 0 fully saturated rings. The molecule has 0 aliphatic heterocycles. The van der Waals surface area contributed by atoms with Crippen LogP contribution in [0.3, 0.4) is 0 Å². The first-order valence-corrected chi connectivity index (χ1v) is 6.75. The minimum absolute atomic E-state index is 0.0549. The molecule has 3 rings (SSSR count). The van der Waals surface area contributed by atoms with Gasteiger partial charge in [-0.15, -0.1) is 0 Å². The van der Waals surface area contributed by atoms with Gasteiger partial charge in [-0.1, -0.05) is 0 Å². The van der Waals surface area contributed by atoms with E-state index in [4.69, 9.17) is 13.9 Å². The van der Waals surface area contributed by atoms with E-state index in [-0.39, 0.29) is 17.1 Å². The van der Waals surface area contributed by atoms with E-state index >= 15 is 0 Å². The van der Waals surface area contributed by atoms with Crippen molar-refractivity contribution in [1.82, 2.24) is 0 Å². The lowest BCUT2D eigenvalue weighted by molar-refractivity contribution is 0.352. The predicted octanol–water partition coefficient (Wildman–Crippen LogP) is 2.89. The number of ether oxygens (including phenoxy) is 2. The van der Waals surface area contributed by atoms with Crippen LogP contribution in [-0.4, -0.2) is 24.4 Å². The SMILES string of the molecule is COc1cc(O)c(-c2cc(O)cc3oc(=O)ccc23)cc1OC. The van der Waals surface area contributed by atoms with Crippen molar-refractivity contribution in [3.05, 3.63) is 46.8 Å². The maximum absolute atomic E-state index is 11.4. The van der Waals surface area contributed by atoms with E-state index in [9.17, 15) is 15.0 Å². The number of phenols is 2. The molecule has 0 saturated carbocycles. The van der Waals surface area contributed by atoms with E-state index in [1.807, 2.05) is 0 Å². The summed E-state index contributed by atoms with van der Waals surface area (Å²) in [5.74, 6) is 0.663. The van der Waals surface area contributed by atoms with Crippen LogP contribution in [0.1, 0.15) is 0 Å². The third kappa shape index (κ3) is 2.55. The number of phenolic OH excluding ortho intramolecular Hbond substituents is 2. The van der Waals surface area contributed by atoms with Crippen LogP contribution < -0.4 is 15.1 Å². The van der Waals surface area contributed by atoms with E-state index in [2.05, 4.69) is 0 Å². The van der Waals surface area contributed by atoms with Gasteiger partial charge in [0.05, 0.1) is 14.2 Å². The average molecular weight is 314 g/mol. The minimum Gasteiger partial charge on any atom is -0.508 e. The topological polar surface area (TPSA) is 89.1 Å². The summed E-state index contributed by atoms with van der Waals surface area (Å²) in [6, 6.07) is 8.69. The van der Waals surface area contributed by atoms with Gasteiger partial charge in [-0.25, -0.2) is 4.79 Å². The van der Waals surface area contributed by atoms with Gasteiger partial charge in [0.2, 0.25) is 0 Å². The predicted molar refractivity (Wildman–Crippen MR) is 84.4 cm³/mol. The second-order valence-corrected chi connectivity index (χ2v) is 4.88. The number of rotatable bonds is 3. The molecule has 0 radical (unpaired) electrons. The van der Waals surface area contributed by atoms with Crippen LogP contribution in [0, 0.1) is 0 Å². The van der Waals surface area contributed by atoms with E-state index in [0.29, 0.717) is 28.0 Å². The molecule has 6 heteroatoms. The van der Waals surface area contributed by atoms with E-state index in [1.54, 1.807) is 12.1 Å². The zero-order valence-electron chi connectivity index (χ0n) is 12.5. The lowest BCUT2D eigenvalue weighted by atomic mass is 9.99. The number of benzene rings is 2. The molecule has 2 N–H and O–H groups in total. The van der Waals surface area contributed by atoms with Crippen molar-refractivity contribution in [1.29, 1.82) is 0 Å². The number of fused-ring (bicyclic) bond motifs is 1. The highest BCUT2D eigenvalue weighted by Gasteiger charge is 2.16. The van der Waals surface area contributed by atoms with Crippen LogP contribution in [0.2, 0.25) is 0 Å². The number of hydrogen-bond donors (Lipinski definition) is 2. The molecule has 0 amide bonds. The van der Waals surface area contributed by atoms with Gasteiger partial charge in [-0.2, -0.15) is 0 Å². The van der Waals surface area contributed by atoms with Crippen LogP contribution in [0.5, 0.6) is 23.0 Å². The standard InChI is InChI=1S/C17H14O6/c1-21-15-7-12(13(19)8-16(15)22-2)11-5-9(18)6-14-10(11)3-4-17(20)23-14/h3-8,18-19H,1-2H3. The summed E-state index contributed by atoms with van der Waals surface area (Å²) in [7, 11) is 2.95. The summed E-state index contributed by atoms with van der Waals surface area (Å²) in [6.45, 7) is 0. The van der Waals surface area contributed by atoms with Crippen molar-refractivity contribution in [3.63, 3.8) is 0 Å². The van der Waals surface area contributed by atoms with Gasteiger partial charge in [0.1, 0.15) is 17.1 Å². The van der Waals surface area contributed by atoms with Crippen LogP contribution in [0.15, 0.2) is 45.6 Å². The number of methoxy groups -OCH3 is 2. The third-order valence-corrected chi connectivity index (χ3v) is 3.52. The molecule has 0 atom stereocenters. The Hall–Kier alpha value is -3.15. The highest BCUT2D eigenvalue weighted by molar-refractivity contribution is 5.96. The number of hydrogen-bond acceptors (Lipinski definition) is 6. The van der Waals surface area contributed by atoms with E-state index in [0.717, 1.165) is 0 Å². The molecule has 0 bridgehead atoms. The van der Waals surface area contributed by atoms with Crippen LogP contribution >= 0.6 is 0 Å². The first kappa shape index (κ1) is 14.8. The van der Waals surface area contributed by atoms with E-state index < -0.39 is 5.63 Å². The second-order valence-electron chi connectivity index (χ2n) is 4.88. The van der Waals surface area contributed by atoms with Crippen molar-refractivity contribution in [2.75, 3.05) is 14.2 Å². The Morgan fingerprint density at radius 1 is 0.913 bits per heavy atom. The molecule has 3 aromatic rings. The lowest BCUT2D eigenvalue weighted by Gasteiger charge is -2.13. The first-order chi connectivity index (χ1) is 11.0. The van der Waals surface area contributed by atoms with Gasteiger partial charge in [0.25, 0.3) is 0 Å². The molecular formula is C17H14O6. The third-order valence-electron chi connectivity index (χ3n) is 3.52. The van der Waals surface area contributed by atoms with Gasteiger partial charge in [0.15, 0.2) is 11.5 Å². The Kier molecular flexibility index (Phi) is 3.57. The summed E-state index contributed by atoms with van der Waals surface area (Å²) in [5, 5.41) is 20.7. The molecule has 1 heterocycles. The van der Waals surface area contributed by atoms with Crippen molar-refractivity contribution >= 4 is 11.0 Å². The molecule has 2 aromatic carbocycles. The molecule has 0 aliphatic carbocycles. The Morgan fingerprint density at radius 2 is 1.61 bits per heavy atom. The molecule has 0 saturated heterocycles. The highest BCUT2D eigenvalue weighted by atomic mass is 16.5.